The third-order valence-electron chi connectivity index (χ3n) is 4.55. The molecule has 1 aliphatic rings. The van der Waals surface area contributed by atoms with Crippen molar-refractivity contribution >= 4 is 0 Å². The van der Waals surface area contributed by atoms with E-state index in [1.807, 2.05) is 12.4 Å². The van der Waals surface area contributed by atoms with Gasteiger partial charge in [0.05, 0.1) is 0 Å². The molecule has 1 aromatic heterocycles. The second-order valence-corrected chi connectivity index (χ2v) is 6.59. The van der Waals surface area contributed by atoms with Crippen LogP contribution in [0.2, 0.25) is 0 Å². The highest BCUT2D eigenvalue weighted by Crippen LogP contribution is 2.21. The summed E-state index contributed by atoms with van der Waals surface area (Å²) in [4.78, 5) is 9.17. The van der Waals surface area contributed by atoms with E-state index in [0.29, 0.717) is 6.04 Å². The van der Waals surface area contributed by atoms with Gasteiger partial charge in [-0.25, -0.2) is 0 Å². The molecule has 3 nitrogen and oxygen atoms in total. The highest BCUT2D eigenvalue weighted by Gasteiger charge is 2.23. The molecule has 0 spiro atoms. The van der Waals surface area contributed by atoms with Crippen LogP contribution in [-0.4, -0.2) is 48.0 Å². The summed E-state index contributed by atoms with van der Waals surface area (Å²) in [5, 5.41) is 0. The molecular formula is C19H25N3. The maximum absolute atomic E-state index is 4.28. The lowest BCUT2D eigenvalue weighted by molar-refractivity contribution is 0.264. The molecule has 0 bridgehead atoms. The lowest BCUT2D eigenvalue weighted by Crippen LogP contribution is -2.31. The number of aromatic nitrogens is 1. The third-order valence-corrected chi connectivity index (χ3v) is 4.55. The molecule has 3 heteroatoms. The fourth-order valence-corrected chi connectivity index (χ4v) is 3.15. The van der Waals surface area contributed by atoms with Gasteiger partial charge in [0.25, 0.3) is 0 Å². The van der Waals surface area contributed by atoms with E-state index in [0.717, 1.165) is 6.54 Å². The molecule has 3 rings (SSSR count). The Kier molecular flexibility index (Phi) is 4.55. The van der Waals surface area contributed by atoms with E-state index in [1.54, 1.807) is 0 Å². The predicted molar refractivity (Wildman–Crippen MR) is 91.8 cm³/mol. The maximum Gasteiger partial charge on any atom is 0.0346 e. The molecule has 1 atom stereocenters. The Balaban J connectivity index is 1.65. The van der Waals surface area contributed by atoms with Crippen molar-refractivity contribution in [2.24, 2.45) is 0 Å². The van der Waals surface area contributed by atoms with Gasteiger partial charge < -0.3 is 4.90 Å². The molecule has 2 aromatic rings. The number of nitrogens with zero attached hydrogens (tertiary/aromatic N) is 3. The van der Waals surface area contributed by atoms with E-state index >= 15 is 0 Å². The van der Waals surface area contributed by atoms with Crippen molar-refractivity contribution in [2.45, 2.75) is 25.9 Å². The number of pyridine rings is 1. The Labute approximate surface area is 133 Å². The molecule has 1 aromatic carbocycles. The minimum absolute atomic E-state index is 0.706. The van der Waals surface area contributed by atoms with Crippen molar-refractivity contribution < 1.29 is 0 Å². The highest BCUT2D eigenvalue weighted by molar-refractivity contribution is 5.63. The molecule has 116 valence electrons. The van der Waals surface area contributed by atoms with Gasteiger partial charge in [-0.3, -0.25) is 9.88 Å². The van der Waals surface area contributed by atoms with Crippen LogP contribution in [-0.2, 0) is 6.54 Å². The smallest absolute Gasteiger partial charge is 0.0346 e. The van der Waals surface area contributed by atoms with Gasteiger partial charge in [-0.1, -0.05) is 24.3 Å². The molecule has 0 unspecified atom stereocenters. The van der Waals surface area contributed by atoms with Crippen LogP contribution in [0.25, 0.3) is 11.1 Å². The predicted octanol–water partition coefficient (Wildman–Crippen LogP) is 3.19. The summed E-state index contributed by atoms with van der Waals surface area (Å²) in [7, 11) is 4.36. The average Bonchev–Trinajstić information content (AvgIpc) is 2.97. The van der Waals surface area contributed by atoms with Crippen molar-refractivity contribution in [3.05, 3.63) is 53.9 Å². The fraction of sp³-hybridized carbons (Fsp3) is 0.421. The van der Waals surface area contributed by atoms with Crippen LogP contribution in [0.1, 0.15) is 17.5 Å². The first-order chi connectivity index (χ1) is 10.6. The third kappa shape index (κ3) is 3.54. The fourth-order valence-electron chi connectivity index (χ4n) is 3.15. The van der Waals surface area contributed by atoms with Gasteiger partial charge in [-0.05, 0) is 50.2 Å². The summed E-state index contributed by atoms with van der Waals surface area (Å²) in [5.41, 5.74) is 5.03. The van der Waals surface area contributed by atoms with Crippen molar-refractivity contribution in [1.29, 1.82) is 0 Å². The maximum atomic E-state index is 4.28. The van der Waals surface area contributed by atoms with E-state index in [2.05, 4.69) is 66.1 Å². The summed E-state index contributed by atoms with van der Waals surface area (Å²) in [5.74, 6) is 0. The standard InChI is InChI=1S/C19H25N3/c1-15-10-18(12-20-11-15)17-6-4-16(5-7-17)13-22-9-8-19(14-22)21(2)3/h4-7,10-12,19H,8-9,13-14H2,1-3H3/t19-/m1/s1. The zero-order valence-corrected chi connectivity index (χ0v) is 13.8. The summed E-state index contributed by atoms with van der Waals surface area (Å²) in [6.07, 6.45) is 5.11. The lowest BCUT2D eigenvalue weighted by Gasteiger charge is -2.20. The Hall–Kier alpha value is -1.71. The minimum Gasteiger partial charge on any atom is -0.305 e. The van der Waals surface area contributed by atoms with Crippen LogP contribution in [0, 0.1) is 6.92 Å². The first-order valence-corrected chi connectivity index (χ1v) is 8.01. The monoisotopic (exact) mass is 295 g/mol. The number of likely N-dealkylation sites (tertiary alicyclic amines) is 1. The first-order valence-electron chi connectivity index (χ1n) is 8.01. The number of rotatable bonds is 4. The Bertz CT molecular complexity index is 619. The van der Waals surface area contributed by atoms with E-state index in [9.17, 15) is 0 Å². The molecule has 0 radical (unpaired) electrons. The van der Waals surface area contributed by atoms with Crippen molar-refractivity contribution in [3.8, 4) is 11.1 Å². The summed E-state index contributed by atoms with van der Waals surface area (Å²) < 4.78 is 0. The molecule has 0 saturated carbocycles. The van der Waals surface area contributed by atoms with Gasteiger partial charge in [0, 0.05) is 43.6 Å². The second-order valence-electron chi connectivity index (χ2n) is 6.59. The Morgan fingerprint density at radius 3 is 2.55 bits per heavy atom. The normalized spacial score (nSPS) is 19.0. The largest absolute Gasteiger partial charge is 0.305 e. The molecule has 1 fully saturated rings. The van der Waals surface area contributed by atoms with Gasteiger partial charge in [0.15, 0.2) is 0 Å². The number of hydrogen-bond acceptors (Lipinski definition) is 3. The van der Waals surface area contributed by atoms with E-state index in [4.69, 9.17) is 0 Å². The van der Waals surface area contributed by atoms with Crippen LogP contribution in [0.4, 0.5) is 0 Å². The quantitative estimate of drug-likeness (QED) is 0.863. The van der Waals surface area contributed by atoms with Crippen LogP contribution >= 0.6 is 0 Å². The minimum atomic E-state index is 0.706. The summed E-state index contributed by atoms with van der Waals surface area (Å²) in [6, 6.07) is 11.8. The van der Waals surface area contributed by atoms with Gasteiger partial charge in [-0.2, -0.15) is 0 Å². The van der Waals surface area contributed by atoms with Gasteiger partial charge in [0.1, 0.15) is 0 Å². The van der Waals surface area contributed by atoms with Gasteiger partial charge >= 0.3 is 0 Å². The molecular weight excluding hydrogens is 270 g/mol. The molecule has 0 amide bonds. The second kappa shape index (κ2) is 6.59. The van der Waals surface area contributed by atoms with E-state index in [1.165, 1.54) is 41.8 Å². The first kappa shape index (κ1) is 15.2. The summed E-state index contributed by atoms with van der Waals surface area (Å²) >= 11 is 0. The Morgan fingerprint density at radius 1 is 1.14 bits per heavy atom. The Morgan fingerprint density at radius 2 is 1.91 bits per heavy atom. The van der Waals surface area contributed by atoms with Crippen molar-refractivity contribution in [1.82, 2.24) is 14.8 Å². The molecule has 2 heterocycles. The highest BCUT2D eigenvalue weighted by atomic mass is 15.2. The number of aryl methyl sites for hydroxylation is 1. The van der Waals surface area contributed by atoms with Crippen molar-refractivity contribution in [3.63, 3.8) is 0 Å². The zero-order valence-electron chi connectivity index (χ0n) is 13.8. The number of likely N-dealkylation sites (N-methyl/N-ethyl adjacent to an activating group) is 1. The zero-order chi connectivity index (χ0) is 15.5. The number of hydrogen-bond donors (Lipinski definition) is 0. The SMILES string of the molecule is Cc1cncc(-c2ccc(CN3CC[C@@H](N(C)C)C3)cc2)c1. The molecule has 0 N–H and O–H groups in total. The van der Waals surface area contributed by atoms with E-state index < -0.39 is 0 Å². The van der Waals surface area contributed by atoms with Gasteiger partial charge in [-0.15, -0.1) is 0 Å². The van der Waals surface area contributed by atoms with E-state index in [-0.39, 0.29) is 0 Å². The lowest BCUT2D eigenvalue weighted by atomic mass is 10.0. The molecule has 0 aliphatic carbocycles. The van der Waals surface area contributed by atoms with Crippen LogP contribution in [0.5, 0.6) is 0 Å². The van der Waals surface area contributed by atoms with Gasteiger partial charge in [0.2, 0.25) is 0 Å². The topological polar surface area (TPSA) is 19.4 Å². The average molecular weight is 295 g/mol. The molecule has 1 aliphatic heterocycles. The van der Waals surface area contributed by atoms with Crippen LogP contribution in [0.15, 0.2) is 42.7 Å². The van der Waals surface area contributed by atoms with Crippen LogP contribution < -0.4 is 0 Å². The van der Waals surface area contributed by atoms with Crippen LogP contribution in [0.3, 0.4) is 0 Å². The summed E-state index contributed by atoms with van der Waals surface area (Å²) in [6.45, 7) is 5.51. The van der Waals surface area contributed by atoms with Crippen molar-refractivity contribution in [2.75, 3.05) is 27.2 Å². The molecule has 22 heavy (non-hydrogen) atoms. The number of benzene rings is 1. The molecule has 1 saturated heterocycles.